The van der Waals surface area contributed by atoms with Gasteiger partial charge >= 0.3 is 6.18 Å². The summed E-state index contributed by atoms with van der Waals surface area (Å²) in [6.45, 7) is -1.87. The molecule has 0 nitrogen and oxygen atoms in total. The molecular formula is C2H2Cl2F3P. The molecule has 0 aliphatic rings. The maximum atomic E-state index is 11.2. The van der Waals surface area contributed by atoms with E-state index in [2.05, 4.69) is 0 Å². The van der Waals surface area contributed by atoms with Gasteiger partial charge < -0.3 is 0 Å². The van der Waals surface area contributed by atoms with Gasteiger partial charge in [0.15, 0.2) is 0 Å². The average Bonchev–Trinajstić information content (AvgIpc) is 1.21. The predicted octanol–water partition coefficient (Wildman–Crippen LogP) is 3.34. The lowest BCUT2D eigenvalue weighted by molar-refractivity contribution is -0.105. The minimum atomic E-state index is -4.21. The first-order valence-electron chi connectivity index (χ1n) is 1.57. The molecule has 6 heteroatoms. The highest BCUT2D eigenvalue weighted by atomic mass is 35.9. The lowest BCUT2D eigenvalue weighted by Crippen LogP contribution is -2.09. The fourth-order valence-electron chi connectivity index (χ4n) is 0.136. The van der Waals surface area contributed by atoms with Gasteiger partial charge in [-0.1, -0.05) is 22.5 Å². The van der Waals surface area contributed by atoms with Crippen LogP contribution in [0.5, 0.6) is 0 Å². The van der Waals surface area contributed by atoms with Gasteiger partial charge in [0.2, 0.25) is 0 Å². The van der Waals surface area contributed by atoms with Gasteiger partial charge in [-0.15, -0.1) is 0 Å². The van der Waals surface area contributed by atoms with Crippen LogP contribution >= 0.6 is 29.1 Å². The Bertz CT molecular complexity index is 70.2. The molecular weight excluding hydrogens is 183 g/mol. The lowest BCUT2D eigenvalue weighted by atomic mass is 10.8. The van der Waals surface area contributed by atoms with Gasteiger partial charge in [-0.3, -0.25) is 0 Å². The van der Waals surface area contributed by atoms with E-state index >= 15 is 0 Å². The molecule has 0 aromatic heterocycles. The van der Waals surface area contributed by atoms with Gasteiger partial charge in [0, 0.05) is 0 Å². The van der Waals surface area contributed by atoms with Gasteiger partial charge in [0.05, 0.1) is 12.8 Å². The van der Waals surface area contributed by atoms with E-state index in [1.54, 1.807) is 0 Å². The van der Waals surface area contributed by atoms with E-state index in [1.807, 2.05) is 0 Å². The molecule has 0 saturated heterocycles. The smallest absolute Gasteiger partial charge is 0.171 e. The molecule has 0 rings (SSSR count). The monoisotopic (exact) mass is 184 g/mol. The van der Waals surface area contributed by atoms with Crippen molar-refractivity contribution in [1.82, 2.24) is 0 Å². The highest BCUT2D eigenvalue weighted by Gasteiger charge is 2.30. The summed E-state index contributed by atoms with van der Waals surface area (Å²) in [6, 6.07) is 0. The van der Waals surface area contributed by atoms with Crippen LogP contribution in [0.3, 0.4) is 0 Å². The van der Waals surface area contributed by atoms with Crippen molar-refractivity contribution < 1.29 is 13.2 Å². The zero-order valence-corrected chi connectivity index (χ0v) is 5.95. The van der Waals surface area contributed by atoms with E-state index in [1.165, 1.54) is 0 Å². The minimum absolute atomic E-state index is 1.08. The predicted molar refractivity (Wildman–Crippen MR) is 29.5 cm³/mol. The third kappa shape index (κ3) is 6.80. The highest BCUT2D eigenvalue weighted by Crippen LogP contribution is 2.50. The Balaban J connectivity index is 3.39. The van der Waals surface area contributed by atoms with Crippen molar-refractivity contribution in [3.63, 3.8) is 0 Å². The molecule has 0 bridgehead atoms. The Hall–Kier alpha value is 0.800. The Kier molecular flexibility index (Phi) is 3.40. The van der Waals surface area contributed by atoms with Crippen molar-refractivity contribution in [3.8, 4) is 0 Å². The van der Waals surface area contributed by atoms with E-state index in [0.29, 0.717) is 0 Å². The van der Waals surface area contributed by atoms with E-state index in [9.17, 15) is 13.2 Å². The second-order valence-electron chi connectivity index (χ2n) is 1.08. The van der Waals surface area contributed by atoms with Crippen molar-refractivity contribution in [2.24, 2.45) is 0 Å². The van der Waals surface area contributed by atoms with Gasteiger partial charge in [0.25, 0.3) is 0 Å². The fraction of sp³-hybridized carbons (Fsp3) is 1.00. The molecule has 8 heavy (non-hydrogen) atoms. The molecule has 0 unspecified atom stereocenters. The molecule has 50 valence electrons. The molecule has 0 saturated carbocycles. The molecule has 0 aromatic rings. The summed E-state index contributed by atoms with van der Waals surface area (Å²) in [5.74, 6) is 0. The third-order valence-corrected chi connectivity index (χ3v) is 1.61. The van der Waals surface area contributed by atoms with Crippen LogP contribution in [0.25, 0.3) is 0 Å². The van der Waals surface area contributed by atoms with Gasteiger partial charge in [-0.05, 0) is 0 Å². The van der Waals surface area contributed by atoms with Crippen LogP contribution in [-0.2, 0) is 0 Å². The molecule has 0 spiro atoms. The van der Waals surface area contributed by atoms with Crippen LogP contribution in [0, 0.1) is 0 Å². The lowest BCUT2D eigenvalue weighted by Gasteiger charge is -2.03. The highest BCUT2D eigenvalue weighted by molar-refractivity contribution is 8.03. The van der Waals surface area contributed by atoms with Crippen LogP contribution in [0.4, 0.5) is 13.2 Å². The quantitative estimate of drug-likeness (QED) is 0.549. The fourth-order valence-corrected chi connectivity index (χ4v) is 1.22. The summed E-state index contributed by atoms with van der Waals surface area (Å²) < 4.78 is 33.5. The maximum absolute atomic E-state index is 11.2. The minimum Gasteiger partial charge on any atom is -0.171 e. The van der Waals surface area contributed by atoms with E-state index in [-0.39, 0.29) is 0 Å². The van der Waals surface area contributed by atoms with Gasteiger partial charge in [-0.2, -0.15) is 13.2 Å². The Morgan fingerprint density at radius 3 is 1.62 bits per heavy atom. The number of halogens is 5. The standard InChI is InChI=1S/C2H2Cl2F3P/c3-8(4)1-2(5,6)7/h1H2. The Morgan fingerprint density at radius 2 is 1.62 bits per heavy atom. The summed E-state index contributed by atoms with van der Waals surface area (Å²) in [6.07, 6.45) is -5.29. The van der Waals surface area contributed by atoms with E-state index < -0.39 is 19.0 Å². The first-order chi connectivity index (χ1) is 3.42. The van der Waals surface area contributed by atoms with Crippen LogP contribution in [-0.4, -0.2) is 12.3 Å². The molecule has 0 amide bonds. The van der Waals surface area contributed by atoms with E-state index in [0.717, 1.165) is 0 Å². The number of rotatable bonds is 1. The van der Waals surface area contributed by atoms with Crippen LogP contribution < -0.4 is 0 Å². The molecule has 0 aromatic carbocycles. The largest absolute Gasteiger partial charge is 0.395 e. The van der Waals surface area contributed by atoms with Crippen molar-refractivity contribution in [2.75, 3.05) is 6.16 Å². The molecule has 0 radical (unpaired) electrons. The van der Waals surface area contributed by atoms with Crippen molar-refractivity contribution in [3.05, 3.63) is 0 Å². The molecule has 0 N–H and O–H groups in total. The zero-order valence-electron chi connectivity index (χ0n) is 3.54. The van der Waals surface area contributed by atoms with Gasteiger partial charge in [-0.25, -0.2) is 0 Å². The van der Waals surface area contributed by atoms with E-state index in [4.69, 9.17) is 22.5 Å². The molecule has 0 fully saturated rings. The van der Waals surface area contributed by atoms with Crippen molar-refractivity contribution in [2.45, 2.75) is 6.18 Å². The second kappa shape index (κ2) is 3.09. The summed E-state index contributed by atoms with van der Waals surface area (Å²) in [5.41, 5.74) is 0. The first kappa shape index (κ1) is 8.80. The summed E-state index contributed by atoms with van der Waals surface area (Å²) in [4.78, 5) is 0. The van der Waals surface area contributed by atoms with Crippen molar-refractivity contribution >= 4 is 29.1 Å². The molecule has 0 aliphatic heterocycles. The van der Waals surface area contributed by atoms with Crippen LogP contribution in [0.15, 0.2) is 0 Å². The van der Waals surface area contributed by atoms with Gasteiger partial charge in [0.1, 0.15) is 0 Å². The Morgan fingerprint density at radius 1 is 1.25 bits per heavy atom. The topological polar surface area (TPSA) is 0 Å². The number of hydrogen-bond acceptors (Lipinski definition) is 0. The van der Waals surface area contributed by atoms with Crippen LogP contribution in [0.1, 0.15) is 0 Å². The summed E-state index contributed by atoms with van der Waals surface area (Å²) >= 11 is 9.75. The number of alkyl halides is 3. The summed E-state index contributed by atoms with van der Waals surface area (Å²) in [7, 11) is 0. The van der Waals surface area contributed by atoms with Crippen LogP contribution in [0.2, 0.25) is 0 Å². The number of hydrogen-bond donors (Lipinski definition) is 0. The Labute approximate surface area is 55.3 Å². The average molecular weight is 185 g/mol. The molecule has 0 atom stereocenters. The molecule has 0 heterocycles. The SMILES string of the molecule is FC(F)(F)CP(Cl)Cl. The second-order valence-corrected chi connectivity index (χ2v) is 4.97. The van der Waals surface area contributed by atoms with Crippen molar-refractivity contribution in [1.29, 1.82) is 0 Å². The maximum Gasteiger partial charge on any atom is 0.395 e. The normalized spacial score (nSPS) is 12.8. The molecule has 0 aliphatic carbocycles. The zero-order chi connectivity index (χ0) is 6.78. The summed E-state index contributed by atoms with van der Waals surface area (Å²) in [5, 5.41) is 0. The first-order valence-corrected chi connectivity index (χ1v) is 4.91. The third-order valence-electron chi connectivity index (χ3n) is 0.299.